The SMILES string of the molecule is CN=C(NCCCOCc1ccco1)NCCSc1ccc(F)cc1.I. The number of guanidine groups is 1. The molecule has 1 aromatic heterocycles. The van der Waals surface area contributed by atoms with Crippen LogP contribution in [-0.4, -0.2) is 38.5 Å². The second-order valence-electron chi connectivity index (χ2n) is 5.21. The number of thioether (sulfide) groups is 1. The Hall–Kier alpha value is -1.26. The van der Waals surface area contributed by atoms with E-state index in [1.54, 1.807) is 37.2 Å². The van der Waals surface area contributed by atoms with Crippen LogP contribution in [0.3, 0.4) is 0 Å². The quantitative estimate of drug-likeness (QED) is 0.173. The molecule has 0 saturated carbocycles. The number of hydrogen-bond donors (Lipinski definition) is 2. The summed E-state index contributed by atoms with van der Waals surface area (Å²) in [6, 6.07) is 10.3. The topological polar surface area (TPSA) is 58.8 Å². The number of nitrogens with one attached hydrogen (secondary N) is 2. The highest BCUT2D eigenvalue weighted by Gasteiger charge is 1.99. The van der Waals surface area contributed by atoms with Crippen molar-refractivity contribution in [3.63, 3.8) is 0 Å². The molecule has 0 spiro atoms. The van der Waals surface area contributed by atoms with Crippen LogP contribution in [0, 0.1) is 5.82 Å². The zero-order valence-corrected chi connectivity index (χ0v) is 17.9. The minimum absolute atomic E-state index is 0. The number of benzene rings is 1. The van der Waals surface area contributed by atoms with Crippen LogP contribution in [0.1, 0.15) is 12.2 Å². The molecule has 26 heavy (non-hydrogen) atoms. The lowest BCUT2D eigenvalue weighted by Gasteiger charge is -2.11. The fourth-order valence-corrected chi connectivity index (χ4v) is 2.81. The monoisotopic (exact) mass is 493 g/mol. The molecule has 0 aliphatic rings. The first-order chi connectivity index (χ1) is 12.3. The summed E-state index contributed by atoms with van der Waals surface area (Å²) >= 11 is 1.67. The number of nitrogens with zero attached hydrogens (tertiary/aromatic N) is 1. The van der Waals surface area contributed by atoms with E-state index in [0.717, 1.165) is 41.9 Å². The summed E-state index contributed by atoms with van der Waals surface area (Å²) in [4.78, 5) is 5.24. The standard InChI is InChI=1S/C18H24FN3O2S.HI/c1-20-18(21-9-3-11-23-14-16-4-2-12-24-16)22-10-13-25-17-7-5-15(19)6-8-17;/h2,4-8,12H,3,9-11,13-14H2,1H3,(H2,20,21,22);1H. The maximum Gasteiger partial charge on any atom is 0.191 e. The molecule has 8 heteroatoms. The van der Waals surface area contributed by atoms with Crippen LogP contribution in [0.25, 0.3) is 0 Å². The molecule has 144 valence electrons. The normalized spacial score (nSPS) is 11.1. The van der Waals surface area contributed by atoms with E-state index in [4.69, 9.17) is 9.15 Å². The molecule has 1 heterocycles. The maximum absolute atomic E-state index is 12.8. The molecule has 0 bridgehead atoms. The van der Waals surface area contributed by atoms with Crippen molar-refractivity contribution in [2.24, 2.45) is 4.99 Å². The van der Waals surface area contributed by atoms with E-state index in [9.17, 15) is 4.39 Å². The highest BCUT2D eigenvalue weighted by molar-refractivity contribution is 14.0. The molecule has 0 radical (unpaired) electrons. The summed E-state index contributed by atoms with van der Waals surface area (Å²) in [6.07, 6.45) is 2.52. The third kappa shape index (κ3) is 9.44. The first-order valence-corrected chi connectivity index (χ1v) is 9.19. The van der Waals surface area contributed by atoms with Gasteiger partial charge < -0.3 is 19.8 Å². The smallest absolute Gasteiger partial charge is 0.191 e. The van der Waals surface area contributed by atoms with Crippen molar-refractivity contribution in [2.75, 3.05) is 32.5 Å². The van der Waals surface area contributed by atoms with E-state index in [0.29, 0.717) is 13.2 Å². The highest BCUT2D eigenvalue weighted by Crippen LogP contribution is 2.17. The van der Waals surface area contributed by atoms with E-state index in [1.165, 1.54) is 12.1 Å². The van der Waals surface area contributed by atoms with Gasteiger partial charge in [-0.3, -0.25) is 4.99 Å². The van der Waals surface area contributed by atoms with Crippen molar-refractivity contribution in [1.29, 1.82) is 0 Å². The number of ether oxygens (including phenoxy) is 1. The zero-order chi connectivity index (χ0) is 17.7. The number of aliphatic imine (C=N–C) groups is 1. The van der Waals surface area contributed by atoms with Gasteiger partial charge in [0.15, 0.2) is 5.96 Å². The Labute approximate surface area is 175 Å². The molecule has 0 unspecified atom stereocenters. The molecule has 1 aromatic carbocycles. The first-order valence-electron chi connectivity index (χ1n) is 8.21. The Morgan fingerprint density at radius 3 is 2.65 bits per heavy atom. The lowest BCUT2D eigenvalue weighted by molar-refractivity contribution is 0.105. The van der Waals surface area contributed by atoms with Crippen LogP contribution in [-0.2, 0) is 11.3 Å². The fraction of sp³-hybridized carbons (Fsp3) is 0.389. The lowest BCUT2D eigenvalue weighted by atomic mass is 10.4. The van der Waals surface area contributed by atoms with Gasteiger partial charge in [0, 0.05) is 37.4 Å². The minimum atomic E-state index is -0.208. The van der Waals surface area contributed by atoms with Crippen molar-refractivity contribution in [3.05, 3.63) is 54.2 Å². The van der Waals surface area contributed by atoms with E-state index < -0.39 is 0 Å². The number of hydrogen-bond acceptors (Lipinski definition) is 4. The van der Waals surface area contributed by atoms with Crippen molar-refractivity contribution in [2.45, 2.75) is 17.9 Å². The van der Waals surface area contributed by atoms with Crippen LogP contribution >= 0.6 is 35.7 Å². The van der Waals surface area contributed by atoms with Crippen molar-refractivity contribution in [1.82, 2.24) is 10.6 Å². The van der Waals surface area contributed by atoms with Gasteiger partial charge in [-0.2, -0.15) is 0 Å². The summed E-state index contributed by atoms with van der Waals surface area (Å²) in [6.45, 7) is 2.71. The highest BCUT2D eigenvalue weighted by atomic mass is 127. The Balaban J connectivity index is 0.00000338. The molecule has 0 fully saturated rings. The van der Waals surface area contributed by atoms with E-state index >= 15 is 0 Å². The molecule has 2 N–H and O–H groups in total. The molecule has 5 nitrogen and oxygen atoms in total. The number of furan rings is 1. The summed E-state index contributed by atoms with van der Waals surface area (Å²) in [5.41, 5.74) is 0. The third-order valence-corrected chi connectivity index (χ3v) is 4.30. The van der Waals surface area contributed by atoms with E-state index in [-0.39, 0.29) is 29.8 Å². The summed E-state index contributed by atoms with van der Waals surface area (Å²) < 4.78 is 23.6. The largest absolute Gasteiger partial charge is 0.467 e. The number of halogens is 2. The predicted octanol–water partition coefficient (Wildman–Crippen LogP) is 3.90. The molecule has 0 aliphatic carbocycles. The van der Waals surface area contributed by atoms with Gasteiger partial charge >= 0.3 is 0 Å². The van der Waals surface area contributed by atoms with Gasteiger partial charge in [0.25, 0.3) is 0 Å². The van der Waals surface area contributed by atoms with Gasteiger partial charge in [0.2, 0.25) is 0 Å². The van der Waals surface area contributed by atoms with Crippen molar-refractivity contribution in [3.8, 4) is 0 Å². The molecule has 0 aliphatic heterocycles. The van der Waals surface area contributed by atoms with Gasteiger partial charge in [-0.15, -0.1) is 35.7 Å². The van der Waals surface area contributed by atoms with Gasteiger partial charge in [0.05, 0.1) is 6.26 Å². The van der Waals surface area contributed by atoms with Crippen LogP contribution < -0.4 is 10.6 Å². The average Bonchev–Trinajstić information content (AvgIpc) is 3.14. The fourth-order valence-electron chi connectivity index (χ4n) is 2.04. The zero-order valence-electron chi connectivity index (χ0n) is 14.7. The molecule has 2 aromatic rings. The maximum atomic E-state index is 12.8. The average molecular weight is 493 g/mol. The lowest BCUT2D eigenvalue weighted by Crippen LogP contribution is -2.39. The van der Waals surface area contributed by atoms with E-state index in [2.05, 4.69) is 15.6 Å². The van der Waals surface area contributed by atoms with Crippen molar-refractivity contribution < 1.29 is 13.5 Å². The van der Waals surface area contributed by atoms with Crippen LogP contribution in [0.2, 0.25) is 0 Å². The molecule has 0 saturated heterocycles. The number of rotatable bonds is 10. The van der Waals surface area contributed by atoms with E-state index in [1.807, 2.05) is 12.1 Å². The molecule has 0 amide bonds. The summed E-state index contributed by atoms with van der Waals surface area (Å²) in [5, 5.41) is 6.50. The Morgan fingerprint density at radius 1 is 1.19 bits per heavy atom. The van der Waals surface area contributed by atoms with Crippen LogP contribution in [0.15, 0.2) is 57.0 Å². The van der Waals surface area contributed by atoms with Gasteiger partial charge in [-0.1, -0.05) is 0 Å². The summed E-state index contributed by atoms with van der Waals surface area (Å²) in [7, 11) is 1.75. The minimum Gasteiger partial charge on any atom is -0.467 e. The second kappa shape index (κ2) is 13.9. The molecule has 0 atom stereocenters. The summed E-state index contributed by atoms with van der Waals surface area (Å²) in [5.74, 6) is 2.27. The molecule has 2 rings (SSSR count). The Morgan fingerprint density at radius 2 is 1.96 bits per heavy atom. The Bertz CT molecular complexity index is 624. The van der Waals surface area contributed by atoms with Gasteiger partial charge in [-0.25, -0.2) is 4.39 Å². The third-order valence-electron chi connectivity index (χ3n) is 3.28. The van der Waals surface area contributed by atoms with Crippen LogP contribution in [0.4, 0.5) is 4.39 Å². The van der Waals surface area contributed by atoms with Crippen LogP contribution in [0.5, 0.6) is 0 Å². The molecular formula is C18H25FIN3O2S. The Kier molecular flexibility index (Phi) is 12.2. The van der Waals surface area contributed by atoms with Gasteiger partial charge in [-0.05, 0) is 42.8 Å². The van der Waals surface area contributed by atoms with Gasteiger partial charge in [0.1, 0.15) is 18.2 Å². The second-order valence-corrected chi connectivity index (χ2v) is 6.38. The molecular weight excluding hydrogens is 468 g/mol. The first kappa shape index (κ1) is 22.8. The van der Waals surface area contributed by atoms with Crippen molar-refractivity contribution >= 4 is 41.7 Å². The predicted molar refractivity (Wildman–Crippen MR) is 115 cm³/mol.